The van der Waals surface area contributed by atoms with Crippen LogP contribution in [-0.4, -0.2) is 13.3 Å². The van der Waals surface area contributed by atoms with Crippen molar-refractivity contribution in [2.24, 2.45) is 0 Å². The quantitative estimate of drug-likeness (QED) is 0.127. The van der Waals surface area contributed by atoms with Gasteiger partial charge in [-0.25, -0.2) is 0 Å². The Morgan fingerprint density at radius 3 is 0.846 bits per heavy atom. The maximum absolute atomic E-state index is 3.91. The zero-order valence-electron chi connectivity index (χ0n) is 19.1. The van der Waals surface area contributed by atoms with E-state index in [0.29, 0.717) is 0 Å². The van der Waals surface area contributed by atoms with Crippen LogP contribution in [0.25, 0.3) is 0 Å². The third kappa shape index (κ3) is 24.5. The van der Waals surface area contributed by atoms with E-state index in [1.165, 1.54) is 122 Å². The Balaban J connectivity index is 3.01. The summed E-state index contributed by atoms with van der Waals surface area (Å²) in [7, 11) is 0. The molecular weight excluding hydrogens is 373 g/mol. The summed E-state index contributed by atoms with van der Waals surface area (Å²) in [6.45, 7) is 3.91. The molecule has 26 heavy (non-hydrogen) atoms. The van der Waals surface area contributed by atoms with Crippen molar-refractivity contribution < 1.29 is 0 Å². The van der Waals surface area contributed by atoms with Crippen LogP contribution < -0.4 is 0 Å². The van der Waals surface area contributed by atoms with Crippen molar-refractivity contribution in [2.45, 2.75) is 151 Å². The molecule has 0 bridgehead atoms. The van der Waals surface area contributed by atoms with Gasteiger partial charge in [-0.15, -0.1) is 0 Å². The van der Waals surface area contributed by atoms with Crippen molar-refractivity contribution in [3.05, 3.63) is 6.92 Å². The van der Waals surface area contributed by atoms with Crippen LogP contribution in [0.5, 0.6) is 0 Å². The molecule has 0 amide bonds. The first-order valence-electron chi connectivity index (χ1n) is 12.4. The second-order valence-electron chi connectivity index (χ2n) is 9.88. The fourth-order valence-corrected chi connectivity index (χ4v) is 6.59. The molecule has 1 radical (unpaired) electrons. The van der Waals surface area contributed by atoms with Gasteiger partial charge in [0.05, 0.1) is 0 Å². The topological polar surface area (TPSA) is 0 Å². The van der Waals surface area contributed by atoms with Gasteiger partial charge in [0, 0.05) is 0 Å². The molecule has 0 saturated carbocycles. The van der Waals surface area contributed by atoms with E-state index >= 15 is 0 Å². The number of hydrogen-bond donors (Lipinski definition) is 0. The van der Waals surface area contributed by atoms with Crippen molar-refractivity contribution >= 4 is 13.3 Å². The molecule has 0 spiro atoms. The van der Waals surface area contributed by atoms with Gasteiger partial charge in [0.1, 0.15) is 0 Å². The zero-order valence-corrected chi connectivity index (χ0v) is 21.2. The van der Waals surface area contributed by atoms with Crippen molar-refractivity contribution in [1.82, 2.24) is 0 Å². The summed E-state index contributed by atoms with van der Waals surface area (Å²) in [6.07, 6.45) is 29.1. The molecule has 0 aromatic rings. The Morgan fingerprint density at radius 2 is 0.615 bits per heavy atom. The van der Waals surface area contributed by atoms with E-state index in [4.69, 9.17) is 0 Å². The average Bonchev–Trinajstić information content (AvgIpc) is 2.59. The molecule has 0 aromatic carbocycles. The number of rotatable bonds is 21. The predicted molar refractivity (Wildman–Crippen MR) is 126 cm³/mol. The molecule has 0 N–H and O–H groups in total. The van der Waals surface area contributed by atoms with E-state index in [1.54, 1.807) is 5.25 Å². The maximum atomic E-state index is 3.91. The van der Waals surface area contributed by atoms with Gasteiger partial charge in [-0.3, -0.25) is 0 Å². The second kappa shape index (κ2) is 20.3. The van der Waals surface area contributed by atoms with Crippen LogP contribution in [0.4, 0.5) is 0 Å². The summed E-state index contributed by atoms with van der Waals surface area (Å²) in [4.78, 5) is 0. The van der Waals surface area contributed by atoms with Gasteiger partial charge in [-0.2, -0.15) is 0 Å². The molecule has 0 atom stereocenters. The Hall–Kier alpha value is 0.543. The normalized spacial score (nSPS) is 12.0. The third-order valence-electron chi connectivity index (χ3n) is 5.68. The van der Waals surface area contributed by atoms with Gasteiger partial charge < -0.3 is 0 Å². The van der Waals surface area contributed by atoms with Gasteiger partial charge in [0.15, 0.2) is 0 Å². The van der Waals surface area contributed by atoms with E-state index in [0.717, 1.165) is 6.42 Å². The Labute approximate surface area is 171 Å². The molecule has 0 unspecified atom stereocenters. The van der Waals surface area contributed by atoms with E-state index in [-0.39, 0.29) is 0 Å². The van der Waals surface area contributed by atoms with E-state index < -0.39 is 13.3 Å². The summed E-state index contributed by atoms with van der Waals surface area (Å²) in [5, 5.41) is 1.58. The van der Waals surface area contributed by atoms with Crippen LogP contribution in [0.2, 0.25) is 22.5 Å². The van der Waals surface area contributed by atoms with Gasteiger partial charge in [-0.05, 0) is 0 Å². The summed E-state index contributed by atoms with van der Waals surface area (Å²) in [5.74, 6) is 7.65. The minimum atomic E-state index is -1.23. The monoisotopic (exact) mass is 427 g/mol. The molecule has 0 fully saturated rings. The first-order valence-corrected chi connectivity index (χ1v) is 20.1. The first kappa shape index (κ1) is 26.5. The van der Waals surface area contributed by atoms with Gasteiger partial charge in [0.2, 0.25) is 0 Å². The SMILES string of the molecule is [CH2]CCCCCCCCCCCCCCCCCCCC[CH2][Ge]([CH3])([CH3])[CH3]. The van der Waals surface area contributed by atoms with Crippen molar-refractivity contribution in [3.8, 4) is 0 Å². The van der Waals surface area contributed by atoms with Gasteiger partial charge in [0.25, 0.3) is 0 Å². The van der Waals surface area contributed by atoms with Crippen molar-refractivity contribution in [3.63, 3.8) is 0 Å². The Morgan fingerprint density at radius 1 is 0.385 bits per heavy atom. The minimum absolute atomic E-state index is 1.12. The molecule has 0 rings (SSSR count). The van der Waals surface area contributed by atoms with Gasteiger partial charge >= 0.3 is 106 Å². The zero-order chi connectivity index (χ0) is 19.3. The molecule has 1 heteroatoms. The molecular formula is C25H53Ge. The van der Waals surface area contributed by atoms with Crippen molar-refractivity contribution in [1.29, 1.82) is 0 Å². The van der Waals surface area contributed by atoms with Crippen LogP contribution in [0, 0.1) is 6.92 Å². The fraction of sp³-hybridized carbons (Fsp3) is 0.960. The first-order chi connectivity index (χ1) is 12.6. The van der Waals surface area contributed by atoms with E-state index in [1.807, 2.05) is 0 Å². The molecule has 0 heterocycles. The predicted octanol–water partition coefficient (Wildman–Crippen LogP) is 9.96. The molecule has 157 valence electrons. The number of hydrogen-bond acceptors (Lipinski definition) is 0. The summed E-state index contributed by atoms with van der Waals surface area (Å²) in [5.41, 5.74) is 0. The van der Waals surface area contributed by atoms with E-state index in [9.17, 15) is 0 Å². The van der Waals surface area contributed by atoms with Crippen LogP contribution in [0.15, 0.2) is 0 Å². The summed E-state index contributed by atoms with van der Waals surface area (Å²) >= 11 is -1.23. The molecule has 0 saturated heterocycles. The van der Waals surface area contributed by atoms with Crippen LogP contribution in [-0.2, 0) is 0 Å². The molecule has 0 aliphatic rings. The Bertz CT molecular complexity index is 253. The average molecular weight is 426 g/mol. The van der Waals surface area contributed by atoms with Crippen molar-refractivity contribution in [2.75, 3.05) is 0 Å². The van der Waals surface area contributed by atoms with Crippen LogP contribution in [0.3, 0.4) is 0 Å². The molecule has 0 aliphatic carbocycles. The molecule has 0 aromatic heterocycles. The second-order valence-corrected chi connectivity index (χ2v) is 21.7. The van der Waals surface area contributed by atoms with Crippen LogP contribution in [0.1, 0.15) is 128 Å². The number of unbranched alkanes of at least 4 members (excludes halogenated alkanes) is 19. The van der Waals surface area contributed by atoms with Crippen LogP contribution >= 0.6 is 0 Å². The van der Waals surface area contributed by atoms with E-state index in [2.05, 4.69) is 24.2 Å². The summed E-state index contributed by atoms with van der Waals surface area (Å²) in [6, 6.07) is 0. The fourth-order valence-electron chi connectivity index (χ4n) is 3.84. The summed E-state index contributed by atoms with van der Waals surface area (Å²) < 4.78 is 0. The third-order valence-corrected chi connectivity index (χ3v) is 9.57. The molecule has 0 aliphatic heterocycles. The van der Waals surface area contributed by atoms with Gasteiger partial charge in [-0.1, -0.05) is 64.7 Å². The Kier molecular flexibility index (Phi) is 20.7. The standard InChI is InChI=1S/C25H53Ge/c1-5-6-7-8-9-10-11-12-13-14-15-16-17-18-19-20-21-22-23-24-25-26(2,3)4/h1,5-25H2,2-4H3. The molecule has 0 nitrogen and oxygen atoms in total.